The number of carbonyl (C=O) groups is 1. The third-order valence-corrected chi connectivity index (χ3v) is 6.03. The fourth-order valence-electron chi connectivity index (χ4n) is 4.05. The van der Waals surface area contributed by atoms with E-state index < -0.39 is 17.8 Å². The first-order valence-electron chi connectivity index (χ1n) is 10.5. The van der Waals surface area contributed by atoms with Crippen molar-refractivity contribution in [2.45, 2.75) is 63.8 Å². The van der Waals surface area contributed by atoms with Gasteiger partial charge in [-0.1, -0.05) is 12.1 Å². The van der Waals surface area contributed by atoms with Gasteiger partial charge in [0.1, 0.15) is 5.82 Å². The molecule has 7 heteroatoms. The van der Waals surface area contributed by atoms with E-state index in [0.717, 1.165) is 24.9 Å². The zero-order valence-corrected chi connectivity index (χ0v) is 17.4. The van der Waals surface area contributed by atoms with E-state index in [-0.39, 0.29) is 24.1 Å². The molecule has 2 atom stereocenters. The maximum absolute atomic E-state index is 13.2. The average Bonchev–Trinajstić information content (AvgIpc) is 2.68. The van der Waals surface area contributed by atoms with Crippen molar-refractivity contribution in [2.75, 3.05) is 26.2 Å². The van der Waals surface area contributed by atoms with E-state index in [4.69, 9.17) is 4.74 Å². The number of ether oxygens (including phenoxy) is 1. The van der Waals surface area contributed by atoms with Crippen LogP contribution in [0.15, 0.2) is 24.3 Å². The van der Waals surface area contributed by atoms with Gasteiger partial charge in [0, 0.05) is 19.5 Å². The van der Waals surface area contributed by atoms with E-state index in [2.05, 4.69) is 4.90 Å². The van der Waals surface area contributed by atoms with Crippen LogP contribution in [0.4, 0.5) is 4.39 Å². The average molecular weight is 412 g/mol. The fourth-order valence-corrected chi connectivity index (χ4v) is 4.05. The van der Waals surface area contributed by atoms with Gasteiger partial charge in [-0.3, -0.25) is 4.79 Å². The first-order chi connectivity index (χ1) is 13.7. The minimum Gasteiger partial charge on any atom is -0.466 e. The summed E-state index contributed by atoms with van der Waals surface area (Å²) in [6, 6.07) is 6.17. The van der Waals surface area contributed by atoms with Crippen LogP contribution in [0.1, 0.15) is 57.4 Å². The molecule has 0 aliphatic carbocycles. The van der Waals surface area contributed by atoms with Gasteiger partial charge in [0.05, 0.1) is 18.1 Å². The number of esters is 1. The van der Waals surface area contributed by atoms with Crippen LogP contribution in [0.5, 0.6) is 0 Å². The second kappa shape index (κ2) is 11.0. The van der Waals surface area contributed by atoms with Gasteiger partial charge in [0.2, 0.25) is 0 Å². The van der Waals surface area contributed by atoms with Crippen LogP contribution in [0, 0.1) is 11.7 Å². The normalized spacial score (nSPS) is 19.1. The summed E-state index contributed by atoms with van der Waals surface area (Å²) >= 11 is 0. The van der Waals surface area contributed by atoms with Crippen molar-refractivity contribution in [2.24, 2.45) is 5.92 Å². The van der Waals surface area contributed by atoms with Gasteiger partial charge in [-0.15, -0.1) is 0 Å². The van der Waals surface area contributed by atoms with E-state index >= 15 is 0 Å². The lowest BCUT2D eigenvalue weighted by Gasteiger charge is -2.41. The van der Waals surface area contributed by atoms with Crippen molar-refractivity contribution >= 4 is 5.97 Å². The maximum atomic E-state index is 13.2. The molecule has 0 radical (unpaired) electrons. The highest BCUT2D eigenvalue weighted by molar-refractivity contribution is 5.73. The Balaban J connectivity index is 1.82. The Bertz CT molecular complexity index is 629. The number of hydrogen-bond acceptors (Lipinski definition) is 6. The SMILES string of the molecule is CCOC(=O)C(C)C1(O)CCN(CCCC(CC(O)O)c2ccc(F)cc2)CC1. The van der Waals surface area contributed by atoms with E-state index in [1.165, 1.54) is 12.1 Å². The number of likely N-dealkylation sites (tertiary alicyclic amines) is 1. The number of rotatable bonds is 10. The molecule has 6 nitrogen and oxygen atoms in total. The van der Waals surface area contributed by atoms with Crippen LogP contribution in [0.2, 0.25) is 0 Å². The number of nitrogens with zero attached hydrogens (tertiary/aromatic N) is 1. The van der Waals surface area contributed by atoms with E-state index in [1.54, 1.807) is 26.0 Å². The summed E-state index contributed by atoms with van der Waals surface area (Å²) in [5, 5.41) is 29.6. The molecular formula is C22H34FNO5. The summed E-state index contributed by atoms with van der Waals surface area (Å²) in [6.07, 6.45) is 1.44. The number of aliphatic hydroxyl groups excluding tert-OH is 1. The van der Waals surface area contributed by atoms with Crippen molar-refractivity contribution in [3.63, 3.8) is 0 Å². The lowest BCUT2D eigenvalue weighted by atomic mass is 9.80. The van der Waals surface area contributed by atoms with Gasteiger partial charge in [-0.25, -0.2) is 4.39 Å². The summed E-state index contributed by atoms with van der Waals surface area (Å²) in [5.41, 5.74) is -0.129. The topological polar surface area (TPSA) is 90.2 Å². The molecule has 3 N–H and O–H groups in total. The first kappa shape index (κ1) is 23.7. The molecule has 1 saturated heterocycles. The minimum atomic E-state index is -1.40. The van der Waals surface area contributed by atoms with Crippen LogP contribution >= 0.6 is 0 Å². The predicted molar refractivity (Wildman–Crippen MR) is 108 cm³/mol. The molecule has 0 amide bonds. The van der Waals surface area contributed by atoms with Gasteiger partial charge in [-0.05, 0) is 69.7 Å². The predicted octanol–water partition coefficient (Wildman–Crippen LogP) is 2.42. The molecule has 0 bridgehead atoms. The number of hydrogen-bond donors (Lipinski definition) is 3. The Kier molecular flexibility index (Phi) is 9.02. The van der Waals surface area contributed by atoms with Crippen molar-refractivity contribution < 1.29 is 29.2 Å². The van der Waals surface area contributed by atoms with Crippen molar-refractivity contribution in [1.82, 2.24) is 4.90 Å². The summed E-state index contributed by atoms with van der Waals surface area (Å²) in [6.45, 7) is 6.01. The van der Waals surface area contributed by atoms with Gasteiger partial charge in [0.25, 0.3) is 0 Å². The molecule has 0 aromatic heterocycles. The molecule has 1 aliphatic heterocycles. The Labute approximate surface area is 172 Å². The zero-order chi connectivity index (χ0) is 21.4. The number of carbonyl (C=O) groups excluding carboxylic acids is 1. The summed E-state index contributed by atoms with van der Waals surface area (Å²) in [4.78, 5) is 14.2. The molecule has 1 aliphatic rings. The van der Waals surface area contributed by atoms with Crippen LogP contribution in [0.25, 0.3) is 0 Å². The molecule has 0 saturated carbocycles. The van der Waals surface area contributed by atoms with Crippen LogP contribution < -0.4 is 0 Å². The minimum absolute atomic E-state index is 0.0545. The van der Waals surface area contributed by atoms with E-state index in [9.17, 15) is 24.5 Å². The lowest BCUT2D eigenvalue weighted by Crippen LogP contribution is -2.50. The molecule has 29 heavy (non-hydrogen) atoms. The van der Waals surface area contributed by atoms with Gasteiger partial charge in [-0.2, -0.15) is 0 Å². The van der Waals surface area contributed by atoms with E-state index in [0.29, 0.717) is 32.5 Å². The Morgan fingerprint density at radius 1 is 1.24 bits per heavy atom. The van der Waals surface area contributed by atoms with Gasteiger partial charge >= 0.3 is 5.97 Å². The molecular weight excluding hydrogens is 377 g/mol. The van der Waals surface area contributed by atoms with Crippen LogP contribution in [-0.2, 0) is 9.53 Å². The molecule has 1 fully saturated rings. The Hall–Kier alpha value is -1.54. The van der Waals surface area contributed by atoms with Crippen molar-refractivity contribution in [1.29, 1.82) is 0 Å². The highest BCUT2D eigenvalue weighted by Gasteiger charge is 2.41. The third kappa shape index (κ3) is 7.03. The summed E-state index contributed by atoms with van der Waals surface area (Å²) < 4.78 is 18.2. The second-order valence-corrected chi connectivity index (χ2v) is 8.03. The second-order valence-electron chi connectivity index (χ2n) is 8.03. The largest absolute Gasteiger partial charge is 0.466 e. The Morgan fingerprint density at radius 2 is 1.86 bits per heavy atom. The van der Waals surface area contributed by atoms with Gasteiger partial charge < -0.3 is 25.0 Å². The standard InChI is InChI=1S/C22H34FNO5/c1-3-29-21(27)16(2)22(28)10-13-24(14-11-22)12-4-5-18(15-20(25)26)17-6-8-19(23)9-7-17/h6-9,16,18,20,25-26,28H,3-5,10-15H2,1-2H3. The molecule has 164 valence electrons. The van der Waals surface area contributed by atoms with Crippen LogP contribution in [0.3, 0.4) is 0 Å². The highest BCUT2D eigenvalue weighted by atomic mass is 19.1. The quantitative estimate of drug-likeness (QED) is 0.405. The highest BCUT2D eigenvalue weighted by Crippen LogP contribution is 2.32. The fraction of sp³-hybridized carbons (Fsp3) is 0.682. The molecule has 1 heterocycles. The first-order valence-corrected chi connectivity index (χ1v) is 10.5. The Morgan fingerprint density at radius 3 is 2.41 bits per heavy atom. The number of piperidine rings is 1. The van der Waals surface area contributed by atoms with Crippen molar-refractivity contribution in [3.8, 4) is 0 Å². The molecule has 1 aromatic carbocycles. The van der Waals surface area contributed by atoms with E-state index in [1.807, 2.05) is 0 Å². The molecule has 1 aromatic rings. The number of aliphatic hydroxyl groups is 3. The maximum Gasteiger partial charge on any atom is 0.311 e. The zero-order valence-electron chi connectivity index (χ0n) is 17.4. The summed E-state index contributed by atoms with van der Waals surface area (Å²) in [7, 11) is 0. The smallest absolute Gasteiger partial charge is 0.311 e. The third-order valence-electron chi connectivity index (χ3n) is 6.03. The molecule has 2 unspecified atom stereocenters. The molecule has 0 spiro atoms. The van der Waals surface area contributed by atoms with Gasteiger partial charge in [0.15, 0.2) is 6.29 Å². The monoisotopic (exact) mass is 411 g/mol. The van der Waals surface area contributed by atoms with Crippen LogP contribution in [-0.4, -0.2) is 64.3 Å². The molecule has 2 rings (SSSR count). The van der Waals surface area contributed by atoms with Crippen molar-refractivity contribution in [3.05, 3.63) is 35.6 Å². The lowest BCUT2D eigenvalue weighted by molar-refractivity contribution is -0.160. The number of benzene rings is 1. The summed E-state index contributed by atoms with van der Waals surface area (Å²) in [5.74, 6) is -1.26. The number of halogens is 1.